The number of alkyl halides is 6. The molecule has 2 fully saturated rings. The quantitative estimate of drug-likeness (QED) is 0.580. The number of hydrogen-bond donors (Lipinski definition) is 3. The number of nitrogens with one attached hydrogen (secondary N) is 1. The molecule has 0 unspecified atom stereocenters. The average molecular weight is 459 g/mol. The highest BCUT2D eigenvalue weighted by molar-refractivity contribution is 5.77. The van der Waals surface area contributed by atoms with Crippen LogP contribution in [-0.4, -0.2) is 68.9 Å². The van der Waals surface area contributed by atoms with Gasteiger partial charge in [-0.2, -0.15) is 26.3 Å². The van der Waals surface area contributed by atoms with Crippen LogP contribution < -0.4 is 5.32 Å². The molecule has 3 N–H and O–H groups in total. The number of piperidine rings is 1. The van der Waals surface area contributed by atoms with Crippen molar-refractivity contribution >= 4 is 17.8 Å². The summed E-state index contributed by atoms with van der Waals surface area (Å²) in [5, 5.41) is 17.3. The number of carbonyl (C=O) groups is 3. The maximum atomic E-state index is 11.3. The number of carboxylic acids is 2. The van der Waals surface area contributed by atoms with E-state index in [4.69, 9.17) is 19.8 Å². The Balaban J connectivity index is 0.000000288. The van der Waals surface area contributed by atoms with Gasteiger partial charge in [0.2, 0.25) is 5.91 Å². The molecule has 3 heterocycles. The van der Waals surface area contributed by atoms with Gasteiger partial charge in [-0.25, -0.2) is 9.59 Å². The third-order valence-corrected chi connectivity index (χ3v) is 4.25. The lowest BCUT2D eigenvalue weighted by Gasteiger charge is -2.31. The second kappa shape index (κ2) is 10.9. The van der Waals surface area contributed by atoms with Gasteiger partial charge < -0.3 is 15.5 Å². The molecule has 2 aliphatic heterocycles. The van der Waals surface area contributed by atoms with Crippen molar-refractivity contribution in [1.29, 1.82) is 0 Å². The highest BCUT2D eigenvalue weighted by Crippen LogP contribution is 2.26. The number of pyridine rings is 1. The van der Waals surface area contributed by atoms with Crippen molar-refractivity contribution in [1.82, 2.24) is 15.2 Å². The summed E-state index contributed by atoms with van der Waals surface area (Å²) >= 11 is 0. The number of fused-ring (bicyclic) bond motifs is 1. The lowest BCUT2D eigenvalue weighted by Crippen LogP contribution is -2.49. The van der Waals surface area contributed by atoms with Crippen LogP contribution in [0.4, 0.5) is 26.3 Å². The summed E-state index contributed by atoms with van der Waals surface area (Å²) in [4.78, 5) is 35.9. The smallest absolute Gasteiger partial charge is 0.475 e. The zero-order chi connectivity index (χ0) is 23.8. The zero-order valence-electron chi connectivity index (χ0n) is 15.8. The van der Waals surface area contributed by atoms with Gasteiger partial charge in [-0.1, -0.05) is 6.07 Å². The summed E-state index contributed by atoms with van der Waals surface area (Å²) in [5.74, 6) is -5.30. The standard InChI is InChI=1S/C13H17N3O.2C2HF3O2/c17-13-5-4-12-11(15-13)6-8-16(12)9-10-3-1-2-7-14-10;2*3-2(4,5)1(6)7/h1-3,7,11-12H,4-6,8-9H2,(H,15,17);2*(H,6,7)/t11-,12+;;/m1../s1. The molecule has 8 nitrogen and oxygen atoms in total. The third-order valence-electron chi connectivity index (χ3n) is 4.25. The Labute approximate surface area is 171 Å². The third kappa shape index (κ3) is 9.19. The molecule has 14 heteroatoms. The molecular weight excluding hydrogens is 440 g/mol. The first kappa shape index (κ1) is 26.1. The van der Waals surface area contributed by atoms with E-state index in [9.17, 15) is 31.1 Å². The van der Waals surface area contributed by atoms with E-state index in [0.717, 1.165) is 31.6 Å². The second-order valence-corrected chi connectivity index (χ2v) is 6.47. The van der Waals surface area contributed by atoms with Crippen molar-refractivity contribution in [3.8, 4) is 0 Å². The summed E-state index contributed by atoms with van der Waals surface area (Å²) < 4.78 is 63.5. The number of amides is 1. The first-order valence-corrected chi connectivity index (χ1v) is 8.75. The molecule has 0 aromatic carbocycles. The van der Waals surface area contributed by atoms with Crippen molar-refractivity contribution in [2.24, 2.45) is 0 Å². The molecule has 3 rings (SSSR count). The summed E-state index contributed by atoms with van der Waals surface area (Å²) in [5.41, 5.74) is 1.12. The fraction of sp³-hybridized carbons (Fsp3) is 0.529. The Morgan fingerprint density at radius 2 is 1.61 bits per heavy atom. The van der Waals surface area contributed by atoms with Crippen LogP contribution in [0.2, 0.25) is 0 Å². The second-order valence-electron chi connectivity index (χ2n) is 6.47. The molecule has 31 heavy (non-hydrogen) atoms. The fourth-order valence-electron chi connectivity index (χ4n) is 2.92. The van der Waals surface area contributed by atoms with Crippen LogP contribution in [0, 0.1) is 0 Å². The van der Waals surface area contributed by atoms with Crippen molar-refractivity contribution in [2.75, 3.05) is 6.54 Å². The van der Waals surface area contributed by atoms with E-state index in [0.29, 0.717) is 18.5 Å². The number of carbonyl (C=O) groups excluding carboxylic acids is 1. The number of nitrogens with zero attached hydrogens (tertiary/aromatic N) is 2. The van der Waals surface area contributed by atoms with Gasteiger partial charge in [0.15, 0.2) is 0 Å². The van der Waals surface area contributed by atoms with Gasteiger partial charge in [0.25, 0.3) is 0 Å². The maximum absolute atomic E-state index is 11.3. The molecular formula is C17H19F6N3O5. The average Bonchev–Trinajstić information content (AvgIpc) is 3.04. The van der Waals surface area contributed by atoms with Crippen LogP contribution in [-0.2, 0) is 20.9 Å². The first-order chi connectivity index (χ1) is 14.2. The van der Waals surface area contributed by atoms with Gasteiger partial charge >= 0.3 is 24.3 Å². The Morgan fingerprint density at radius 1 is 1.06 bits per heavy atom. The minimum Gasteiger partial charge on any atom is -0.475 e. The van der Waals surface area contributed by atoms with Crippen LogP contribution in [0.3, 0.4) is 0 Å². The number of likely N-dealkylation sites (tertiary alicyclic amines) is 1. The molecule has 1 amide bonds. The number of rotatable bonds is 2. The SMILES string of the molecule is O=C(O)C(F)(F)F.O=C(O)C(F)(F)F.O=C1CC[C@H]2[C@@H](CCN2Cc2ccccn2)N1. The molecule has 2 atom stereocenters. The van der Waals surface area contributed by atoms with E-state index >= 15 is 0 Å². The van der Waals surface area contributed by atoms with E-state index in [1.54, 1.807) is 0 Å². The van der Waals surface area contributed by atoms with Crippen molar-refractivity contribution in [3.63, 3.8) is 0 Å². The molecule has 0 spiro atoms. The molecule has 0 aliphatic carbocycles. The Kier molecular flexibility index (Phi) is 9.21. The van der Waals surface area contributed by atoms with E-state index in [2.05, 4.69) is 21.3 Å². The van der Waals surface area contributed by atoms with Gasteiger partial charge in [-0.05, 0) is 25.0 Å². The maximum Gasteiger partial charge on any atom is 0.490 e. The summed E-state index contributed by atoms with van der Waals surface area (Å²) in [6, 6.07) is 6.90. The zero-order valence-corrected chi connectivity index (χ0v) is 15.8. The van der Waals surface area contributed by atoms with Gasteiger partial charge in [0.05, 0.1) is 5.69 Å². The predicted molar refractivity (Wildman–Crippen MR) is 91.6 cm³/mol. The highest BCUT2D eigenvalue weighted by atomic mass is 19.4. The minimum atomic E-state index is -5.08. The number of hydrogen-bond acceptors (Lipinski definition) is 5. The van der Waals surface area contributed by atoms with Gasteiger partial charge in [-0.3, -0.25) is 14.7 Å². The summed E-state index contributed by atoms with van der Waals surface area (Å²) in [6.45, 7) is 1.96. The van der Waals surface area contributed by atoms with Crippen LogP contribution in [0.5, 0.6) is 0 Å². The topological polar surface area (TPSA) is 120 Å². The van der Waals surface area contributed by atoms with Gasteiger partial charge in [0.1, 0.15) is 0 Å². The summed E-state index contributed by atoms with van der Waals surface area (Å²) in [6.07, 6.45) is -5.60. The van der Waals surface area contributed by atoms with Crippen LogP contribution in [0.1, 0.15) is 25.0 Å². The number of aliphatic carboxylic acids is 2. The van der Waals surface area contributed by atoms with Crippen molar-refractivity contribution in [2.45, 2.75) is 50.2 Å². The number of carboxylic acid groups (broad SMARTS) is 2. The molecule has 1 aromatic rings. The van der Waals surface area contributed by atoms with E-state index in [1.165, 1.54) is 0 Å². The molecule has 0 radical (unpaired) electrons. The van der Waals surface area contributed by atoms with Crippen LogP contribution in [0.25, 0.3) is 0 Å². The molecule has 2 saturated heterocycles. The first-order valence-electron chi connectivity index (χ1n) is 8.75. The Bertz CT molecular complexity index is 733. The minimum absolute atomic E-state index is 0.214. The lowest BCUT2D eigenvalue weighted by molar-refractivity contribution is -0.193. The number of aromatic nitrogens is 1. The predicted octanol–water partition coefficient (Wildman–Crippen LogP) is 2.20. The fourth-order valence-corrected chi connectivity index (χ4v) is 2.92. The monoisotopic (exact) mass is 459 g/mol. The van der Waals surface area contributed by atoms with Gasteiger partial charge in [0, 0.05) is 37.8 Å². The van der Waals surface area contributed by atoms with Crippen molar-refractivity contribution < 1.29 is 50.9 Å². The van der Waals surface area contributed by atoms with E-state index < -0.39 is 24.3 Å². The van der Waals surface area contributed by atoms with Crippen molar-refractivity contribution in [3.05, 3.63) is 30.1 Å². The van der Waals surface area contributed by atoms with Gasteiger partial charge in [-0.15, -0.1) is 0 Å². The Hall–Kier alpha value is -2.90. The molecule has 0 bridgehead atoms. The normalized spacial score (nSPS) is 20.9. The molecule has 1 aromatic heterocycles. The lowest BCUT2D eigenvalue weighted by atomic mass is 9.99. The molecule has 2 aliphatic rings. The summed E-state index contributed by atoms with van der Waals surface area (Å²) in [7, 11) is 0. The molecule has 174 valence electrons. The molecule has 0 saturated carbocycles. The van der Waals surface area contributed by atoms with E-state index in [1.807, 2.05) is 18.3 Å². The highest BCUT2D eigenvalue weighted by Gasteiger charge is 2.39. The largest absolute Gasteiger partial charge is 0.490 e. The van der Waals surface area contributed by atoms with Crippen LogP contribution in [0.15, 0.2) is 24.4 Å². The number of halogens is 6. The Morgan fingerprint density at radius 3 is 2.06 bits per heavy atom. The van der Waals surface area contributed by atoms with Crippen LogP contribution >= 0.6 is 0 Å². The van der Waals surface area contributed by atoms with E-state index in [-0.39, 0.29) is 5.91 Å².